The van der Waals surface area contributed by atoms with E-state index in [1.807, 2.05) is 4.90 Å². The second kappa shape index (κ2) is 10.9. The minimum absolute atomic E-state index is 0.0167. The summed E-state index contributed by atoms with van der Waals surface area (Å²) in [5.41, 5.74) is 0.410. The zero-order chi connectivity index (χ0) is 26.7. The molecule has 0 radical (unpaired) electrons. The number of piperidine rings is 1. The molecular formula is C24H32F3N3O6. The molecule has 0 aliphatic carbocycles. The first kappa shape index (κ1) is 27.6. The summed E-state index contributed by atoms with van der Waals surface area (Å²) in [6.07, 6.45) is -2.35. The van der Waals surface area contributed by atoms with Crippen LogP contribution in [0.4, 0.5) is 13.2 Å². The van der Waals surface area contributed by atoms with Crippen molar-refractivity contribution in [2.75, 3.05) is 46.9 Å². The third-order valence-corrected chi connectivity index (χ3v) is 7.14. The van der Waals surface area contributed by atoms with E-state index in [9.17, 15) is 22.8 Å². The van der Waals surface area contributed by atoms with Crippen molar-refractivity contribution in [1.29, 1.82) is 0 Å². The molecule has 2 amide bonds. The van der Waals surface area contributed by atoms with Gasteiger partial charge in [0.2, 0.25) is 5.91 Å². The normalized spacial score (nSPS) is 22.9. The average molecular weight is 516 g/mol. The monoisotopic (exact) mass is 515 g/mol. The van der Waals surface area contributed by atoms with Gasteiger partial charge in [-0.2, -0.15) is 13.2 Å². The number of amides is 2. The number of ether oxygens (including phenoxy) is 2. The van der Waals surface area contributed by atoms with E-state index in [-0.39, 0.29) is 23.3 Å². The molecule has 3 saturated heterocycles. The molecule has 2 N–H and O–H groups in total. The van der Waals surface area contributed by atoms with Gasteiger partial charge in [0, 0.05) is 49.3 Å². The molecule has 0 saturated carbocycles. The second-order valence-corrected chi connectivity index (χ2v) is 9.31. The standard InChI is InChI=1S/C22H31N3O4.C2HF3O2/c1-4-7-24-13-18-19(14-24)22(23-20(18)26)5-8-25(9-6-22)21(27)15-10-16(28-2)12-17(11-15)29-3;3-2(4,5)1(6)7/h10-12,18-19H,4-9,13-14H2,1-3H3,(H,23,26);(H,6,7)/t18-,19+;/m1./s1. The molecule has 3 aliphatic heterocycles. The molecule has 3 heterocycles. The summed E-state index contributed by atoms with van der Waals surface area (Å²) in [4.78, 5) is 38.9. The van der Waals surface area contributed by atoms with E-state index in [1.165, 1.54) is 0 Å². The topological polar surface area (TPSA) is 108 Å². The van der Waals surface area contributed by atoms with Crippen LogP contribution in [0.1, 0.15) is 36.5 Å². The Bertz CT molecular complexity index is 956. The Morgan fingerprint density at radius 3 is 2.14 bits per heavy atom. The third kappa shape index (κ3) is 5.85. The summed E-state index contributed by atoms with van der Waals surface area (Å²) >= 11 is 0. The predicted molar refractivity (Wildman–Crippen MR) is 123 cm³/mol. The summed E-state index contributed by atoms with van der Waals surface area (Å²) in [6, 6.07) is 5.27. The maximum Gasteiger partial charge on any atom is 0.490 e. The highest BCUT2D eigenvalue weighted by Crippen LogP contribution is 2.44. The van der Waals surface area contributed by atoms with Crippen molar-refractivity contribution < 1.29 is 42.1 Å². The highest BCUT2D eigenvalue weighted by molar-refractivity contribution is 5.95. The highest BCUT2D eigenvalue weighted by Gasteiger charge is 2.57. The molecule has 3 fully saturated rings. The second-order valence-electron chi connectivity index (χ2n) is 9.31. The first-order chi connectivity index (χ1) is 16.9. The van der Waals surface area contributed by atoms with Gasteiger partial charge in [0.1, 0.15) is 11.5 Å². The Balaban J connectivity index is 0.000000454. The number of carboxylic acid groups (broad SMARTS) is 1. The van der Waals surface area contributed by atoms with Gasteiger partial charge in [0.15, 0.2) is 0 Å². The molecule has 1 spiro atoms. The minimum atomic E-state index is -5.08. The lowest BCUT2D eigenvalue weighted by Crippen LogP contribution is -2.56. The number of carbonyl (C=O) groups excluding carboxylic acids is 2. The number of hydrogen-bond donors (Lipinski definition) is 2. The molecular weight excluding hydrogens is 483 g/mol. The Labute approximate surface area is 207 Å². The molecule has 1 aromatic carbocycles. The summed E-state index contributed by atoms with van der Waals surface area (Å²) in [5, 5.41) is 10.5. The van der Waals surface area contributed by atoms with Crippen molar-refractivity contribution in [3.8, 4) is 11.5 Å². The van der Waals surface area contributed by atoms with Crippen molar-refractivity contribution in [2.24, 2.45) is 11.8 Å². The van der Waals surface area contributed by atoms with Crippen molar-refractivity contribution in [3.05, 3.63) is 23.8 Å². The number of halogens is 3. The molecule has 9 nitrogen and oxygen atoms in total. The van der Waals surface area contributed by atoms with Crippen LogP contribution in [0, 0.1) is 11.8 Å². The van der Waals surface area contributed by atoms with Gasteiger partial charge in [-0.25, -0.2) is 4.79 Å². The van der Waals surface area contributed by atoms with Crippen LogP contribution < -0.4 is 14.8 Å². The van der Waals surface area contributed by atoms with E-state index in [1.54, 1.807) is 32.4 Å². The third-order valence-electron chi connectivity index (χ3n) is 7.14. The molecule has 2 atom stereocenters. The van der Waals surface area contributed by atoms with Crippen LogP contribution in [0.5, 0.6) is 11.5 Å². The number of fused-ring (bicyclic) bond motifs is 2. The summed E-state index contributed by atoms with van der Waals surface area (Å²) in [7, 11) is 3.16. The fraction of sp³-hybridized carbons (Fsp3) is 0.625. The zero-order valence-corrected chi connectivity index (χ0v) is 20.6. The van der Waals surface area contributed by atoms with E-state index < -0.39 is 12.1 Å². The number of hydrogen-bond acceptors (Lipinski definition) is 6. The van der Waals surface area contributed by atoms with Gasteiger partial charge in [-0.1, -0.05) is 6.92 Å². The van der Waals surface area contributed by atoms with Crippen LogP contribution >= 0.6 is 0 Å². The smallest absolute Gasteiger partial charge is 0.490 e. The van der Waals surface area contributed by atoms with Crippen molar-refractivity contribution >= 4 is 17.8 Å². The van der Waals surface area contributed by atoms with Gasteiger partial charge in [-0.05, 0) is 37.9 Å². The number of carboxylic acids is 1. The quantitative estimate of drug-likeness (QED) is 0.620. The largest absolute Gasteiger partial charge is 0.497 e. The van der Waals surface area contributed by atoms with Crippen LogP contribution in [0.25, 0.3) is 0 Å². The van der Waals surface area contributed by atoms with Crippen LogP contribution in [-0.2, 0) is 9.59 Å². The first-order valence-corrected chi connectivity index (χ1v) is 11.8. The minimum Gasteiger partial charge on any atom is -0.497 e. The average Bonchev–Trinajstić information content (AvgIpc) is 3.38. The highest BCUT2D eigenvalue weighted by atomic mass is 19.4. The number of nitrogens with zero attached hydrogens (tertiary/aromatic N) is 2. The lowest BCUT2D eigenvalue weighted by atomic mass is 9.75. The number of carbonyl (C=O) groups is 3. The Morgan fingerprint density at radius 2 is 1.67 bits per heavy atom. The number of alkyl halides is 3. The maximum absolute atomic E-state index is 13.1. The Hall–Kier alpha value is -3.02. The first-order valence-electron chi connectivity index (χ1n) is 11.8. The molecule has 1 aromatic rings. The van der Waals surface area contributed by atoms with Crippen LogP contribution in [0.3, 0.4) is 0 Å². The van der Waals surface area contributed by atoms with Gasteiger partial charge in [0.25, 0.3) is 5.91 Å². The summed E-state index contributed by atoms with van der Waals surface area (Å²) in [6.45, 7) is 6.39. The Morgan fingerprint density at radius 1 is 1.11 bits per heavy atom. The van der Waals surface area contributed by atoms with Crippen LogP contribution in [0.2, 0.25) is 0 Å². The number of aliphatic carboxylic acids is 1. The molecule has 0 aromatic heterocycles. The summed E-state index contributed by atoms with van der Waals surface area (Å²) in [5.74, 6) is -0.902. The van der Waals surface area contributed by atoms with E-state index in [0.29, 0.717) is 36.1 Å². The number of rotatable bonds is 5. The van der Waals surface area contributed by atoms with E-state index >= 15 is 0 Å². The summed E-state index contributed by atoms with van der Waals surface area (Å²) < 4.78 is 42.3. The Kier molecular flexibility index (Phi) is 8.37. The molecule has 36 heavy (non-hydrogen) atoms. The number of nitrogens with one attached hydrogen (secondary N) is 1. The van der Waals surface area contributed by atoms with E-state index in [4.69, 9.17) is 19.4 Å². The van der Waals surface area contributed by atoms with E-state index in [2.05, 4.69) is 17.1 Å². The number of benzene rings is 1. The predicted octanol–water partition coefficient (Wildman–Crippen LogP) is 2.40. The maximum atomic E-state index is 13.1. The SMILES string of the molecule is CCCN1C[C@H]2C(=O)NC3(CCN(C(=O)c4cc(OC)cc(OC)c4)CC3)[C@H]2C1.O=C(O)C(F)(F)F. The van der Waals surface area contributed by atoms with Gasteiger partial charge in [-0.15, -0.1) is 0 Å². The number of likely N-dealkylation sites (tertiary alicyclic amines) is 2. The fourth-order valence-corrected chi connectivity index (χ4v) is 5.36. The van der Waals surface area contributed by atoms with Gasteiger partial charge >= 0.3 is 12.1 Å². The van der Waals surface area contributed by atoms with Gasteiger partial charge in [0.05, 0.1) is 20.1 Å². The molecule has 12 heteroatoms. The van der Waals surface area contributed by atoms with Crippen molar-refractivity contribution in [3.63, 3.8) is 0 Å². The van der Waals surface area contributed by atoms with Crippen molar-refractivity contribution in [2.45, 2.75) is 37.9 Å². The molecule has 0 unspecified atom stereocenters. The zero-order valence-electron chi connectivity index (χ0n) is 20.6. The molecule has 200 valence electrons. The van der Waals surface area contributed by atoms with Gasteiger partial charge in [-0.3, -0.25) is 9.59 Å². The van der Waals surface area contributed by atoms with Crippen LogP contribution in [0.15, 0.2) is 18.2 Å². The van der Waals surface area contributed by atoms with Crippen LogP contribution in [-0.4, -0.2) is 91.3 Å². The van der Waals surface area contributed by atoms with E-state index in [0.717, 1.165) is 38.9 Å². The van der Waals surface area contributed by atoms with Crippen molar-refractivity contribution in [1.82, 2.24) is 15.1 Å². The molecule has 4 rings (SSSR count). The number of methoxy groups -OCH3 is 2. The fourth-order valence-electron chi connectivity index (χ4n) is 5.36. The van der Waals surface area contributed by atoms with Gasteiger partial charge < -0.3 is 29.7 Å². The molecule has 0 bridgehead atoms. The lowest BCUT2D eigenvalue weighted by Gasteiger charge is -2.42. The molecule has 3 aliphatic rings. The lowest BCUT2D eigenvalue weighted by molar-refractivity contribution is -0.192.